The maximum Gasteiger partial charge on any atom is 0.203 e. The van der Waals surface area contributed by atoms with Crippen LogP contribution in [-0.4, -0.2) is 27.6 Å². The maximum atomic E-state index is 12.9. The summed E-state index contributed by atoms with van der Waals surface area (Å²) in [7, 11) is -0.578. The Balaban J connectivity index is 1.82. The second kappa shape index (κ2) is 6.48. The monoisotopic (exact) mass is 384 g/mol. The third-order valence-corrected chi connectivity index (χ3v) is 5.75. The SMILES string of the molecule is COc1ccc(C2=CS(=O)(=O)c3cc(-c4cnco4)c(OC)cc3N2)cc1. The lowest BCUT2D eigenvalue weighted by molar-refractivity contribution is 0.414. The predicted molar refractivity (Wildman–Crippen MR) is 100 cm³/mol. The molecule has 138 valence electrons. The first-order chi connectivity index (χ1) is 13.0. The Hall–Kier alpha value is -3.26. The Morgan fingerprint density at radius 2 is 1.85 bits per heavy atom. The minimum atomic E-state index is -3.67. The number of fused-ring (bicyclic) bond motifs is 1. The van der Waals surface area contributed by atoms with Crippen LogP contribution in [0.3, 0.4) is 0 Å². The topological polar surface area (TPSA) is 90.7 Å². The van der Waals surface area contributed by atoms with Crippen LogP contribution in [0.5, 0.6) is 11.5 Å². The van der Waals surface area contributed by atoms with Crippen LogP contribution in [0.25, 0.3) is 17.0 Å². The van der Waals surface area contributed by atoms with Crippen molar-refractivity contribution in [1.29, 1.82) is 0 Å². The molecule has 0 unspecified atom stereocenters. The molecular formula is C19H16N2O5S. The van der Waals surface area contributed by atoms with Gasteiger partial charge in [-0.1, -0.05) is 0 Å². The van der Waals surface area contributed by atoms with Gasteiger partial charge in [0.05, 0.1) is 47.7 Å². The quantitative estimate of drug-likeness (QED) is 0.735. The Labute approximate surface area is 156 Å². The summed E-state index contributed by atoms with van der Waals surface area (Å²) < 4.78 is 41.6. The average molecular weight is 384 g/mol. The Morgan fingerprint density at radius 1 is 1.07 bits per heavy atom. The zero-order valence-corrected chi connectivity index (χ0v) is 15.4. The number of methoxy groups -OCH3 is 2. The van der Waals surface area contributed by atoms with Gasteiger partial charge in [-0.3, -0.25) is 0 Å². The summed E-state index contributed by atoms with van der Waals surface area (Å²) in [5, 5.41) is 4.38. The second-order valence-electron chi connectivity index (χ2n) is 5.84. The molecule has 0 amide bonds. The smallest absolute Gasteiger partial charge is 0.203 e. The fourth-order valence-electron chi connectivity index (χ4n) is 2.91. The van der Waals surface area contributed by atoms with Crippen LogP contribution in [0.4, 0.5) is 5.69 Å². The van der Waals surface area contributed by atoms with Crippen LogP contribution in [0.1, 0.15) is 5.56 Å². The van der Waals surface area contributed by atoms with Crippen LogP contribution in [0.15, 0.2) is 63.7 Å². The molecule has 0 fully saturated rings. The van der Waals surface area contributed by atoms with E-state index in [4.69, 9.17) is 13.9 Å². The molecule has 0 atom stereocenters. The van der Waals surface area contributed by atoms with E-state index in [1.165, 1.54) is 31.2 Å². The van der Waals surface area contributed by atoms with E-state index >= 15 is 0 Å². The van der Waals surface area contributed by atoms with Gasteiger partial charge < -0.3 is 19.2 Å². The van der Waals surface area contributed by atoms with Gasteiger partial charge in [0.2, 0.25) is 9.84 Å². The van der Waals surface area contributed by atoms with Crippen LogP contribution in [0.2, 0.25) is 0 Å². The number of nitrogens with zero attached hydrogens (tertiary/aromatic N) is 1. The van der Waals surface area contributed by atoms with Crippen molar-refractivity contribution in [3.8, 4) is 22.8 Å². The molecule has 1 N–H and O–H groups in total. The summed E-state index contributed by atoms with van der Waals surface area (Å²) in [5.41, 5.74) is 2.15. The van der Waals surface area contributed by atoms with Gasteiger partial charge in [0.15, 0.2) is 12.2 Å². The van der Waals surface area contributed by atoms with Crippen molar-refractivity contribution in [2.24, 2.45) is 0 Å². The fourth-order valence-corrected chi connectivity index (χ4v) is 4.24. The Bertz CT molecular complexity index is 1120. The van der Waals surface area contributed by atoms with Crippen molar-refractivity contribution in [2.75, 3.05) is 19.5 Å². The summed E-state index contributed by atoms with van der Waals surface area (Å²) in [5.74, 6) is 1.59. The van der Waals surface area contributed by atoms with Crippen molar-refractivity contribution < 1.29 is 22.3 Å². The summed E-state index contributed by atoms with van der Waals surface area (Å²) in [6.07, 6.45) is 2.79. The number of benzene rings is 2. The molecule has 7 nitrogen and oxygen atoms in total. The molecule has 0 radical (unpaired) electrons. The molecule has 8 heteroatoms. The van der Waals surface area contributed by atoms with E-state index in [9.17, 15) is 8.42 Å². The van der Waals surface area contributed by atoms with Crippen molar-refractivity contribution in [2.45, 2.75) is 4.90 Å². The van der Waals surface area contributed by atoms with Gasteiger partial charge in [-0.15, -0.1) is 0 Å². The summed E-state index contributed by atoms with van der Waals surface area (Å²) in [6, 6.07) is 10.3. The lowest BCUT2D eigenvalue weighted by atomic mass is 10.1. The number of nitrogens with one attached hydrogen (secondary N) is 1. The molecule has 0 bridgehead atoms. The van der Waals surface area contributed by atoms with E-state index in [1.54, 1.807) is 37.4 Å². The van der Waals surface area contributed by atoms with Crippen LogP contribution in [0, 0.1) is 0 Å². The molecule has 0 spiro atoms. The fraction of sp³-hybridized carbons (Fsp3) is 0.105. The number of hydrogen-bond acceptors (Lipinski definition) is 7. The highest BCUT2D eigenvalue weighted by Gasteiger charge is 2.27. The van der Waals surface area contributed by atoms with Gasteiger partial charge in [0.1, 0.15) is 11.5 Å². The molecule has 0 aliphatic carbocycles. The molecular weight excluding hydrogens is 368 g/mol. The van der Waals surface area contributed by atoms with E-state index in [0.717, 1.165) is 5.56 Å². The molecule has 27 heavy (non-hydrogen) atoms. The second-order valence-corrected chi connectivity index (χ2v) is 7.61. The van der Waals surface area contributed by atoms with E-state index in [0.29, 0.717) is 34.2 Å². The zero-order valence-electron chi connectivity index (χ0n) is 14.6. The average Bonchev–Trinajstić information content (AvgIpc) is 3.21. The molecule has 1 aromatic heterocycles. The number of anilines is 1. The highest BCUT2D eigenvalue weighted by Crippen LogP contribution is 2.41. The van der Waals surface area contributed by atoms with Gasteiger partial charge in [0.25, 0.3) is 0 Å². The molecule has 4 rings (SSSR count). The lowest BCUT2D eigenvalue weighted by Gasteiger charge is -2.21. The van der Waals surface area contributed by atoms with Gasteiger partial charge in [-0.2, -0.15) is 0 Å². The van der Waals surface area contributed by atoms with Crippen LogP contribution in [-0.2, 0) is 9.84 Å². The van der Waals surface area contributed by atoms with Crippen molar-refractivity contribution in [1.82, 2.24) is 4.98 Å². The minimum absolute atomic E-state index is 0.145. The zero-order chi connectivity index (χ0) is 19.0. The van der Waals surface area contributed by atoms with Gasteiger partial charge in [-0.25, -0.2) is 13.4 Å². The molecule has 0 saturated heterocycles. The van der Waals surface area contributed by atoms with E-state index < -0.39 is 9.84 Å². The molecule has 2 heterocycles. The van der Waals surface area contributed by atoms with E-state index in [-0.39, 0.29) is 4.90 Å². The number of hydrogen-bond donors (Lipinski definition) is 1. The molecule has 3 aromatic rings. The maximum absolute atomic E-state index is 12.9. The minimum Gasteiger partial charge on any atom is -0.497 e. The number of oxazole rings is 1. The summed E-state index contributed by atoms with van der Waals surface area (Å²) in [4.78, 5) is 4.02. The first-order valence-electron chi connectivity index (χ1n) is 8.01. The van der Waals surface area contributed by atoms with Crippen LogP contribution >= 0.6 is 0 Å². The first-order valence-corrected chi connectivity index (χ1v) is 9.55. The van der Waals surface area contributed by atoms with Gasteiger partial charge >= 0.3 is 0 Å². The van der Waals surface area contributed by atoms with E-state index in [1.807, 2.05) is 0 Å². The van der Waals surface area contributed by atoms with E-state index in [2.05, 4.69) is 10.3 Å². The van der Waals surface area contributed by atoms with Crippen LogP contribution < -0.4 is 14.8 Å². The van der Waals surface area contributed by atoms with Crippen molar-refractivity contribution in [3.63, 3.8) is 0 Å². The number of sulfone groups is 1. The normalized spacial score (nSPS) is 14.7. The number of rotatable bonds is 4. The highest BCUT2D eigenvalue weighted by molar-refractivity contribution is 7.94. The Morgan fingerprint density at radius 3 is 2.48 bits per heavy atom. The largest absolute Gasteiger partial charge is 0.497 e. The lowest BCUT2D eigenvalue weighted by Crippen LogP contribution is -2.13. The van der Waals surface area contributed by atoms with Gasteiger partial charge in [-0.05, 0) is 35.9 Å². The molecule has 1 aliphatic rings. The van der Waals surface area contributed by atoms with Crippen molar-refractivity contribution in [3.05, 3.63) is 60.0 Å². The predicted octanol–water partition coefficient (Wildman–Crippen LogP) is 3.56. The standard InChI is InChI=1S/C19H16N2O5S/c1-24-13-5-3-12(4-6-13)16-10-27(22,23)19-7-14(18-9-20-11-26-18)17(25-2)8-15(19)21-16/h3-11,21H,1-2H3. The third kappa shape index (κ3) is 3.04. The Kier molecular flexibility index (Phi) is 4.12. The molecule has 2 aromatic carbocycles. The molecule has 0 saturated carbocycles. The number of aromatic nitrogens is 1. The molecule has 1 aliphatic heterocycles. The number of ether oxygens (including phenoxy) is 2. The summed E-state index contributed by atoms with van der Waals surface area (Å²) >= 11 is 0. The third-order valence-electron chi connectivity index (χ3n) is 4.25. The van der Waals surface area contributed by atoms with Gasteiger partial charge in [0, 0.05) is 6.07 Å². The first kappa shape index (κ1) is 17.2. The highest BCUT2D eigenvalue weighted by atomic mass is 32.2. The van der Waals surface area contributed by atoms with Crippen molar-refractivity contribution >= 4 is 21.2 Å². The summed E-state index contributed by atoms with van der Waals surface area (Å²) in [6.45, 7) is 0.